The molecule has 3 atom stereocenters. The highest BCUT2D eigenvalue weighted by molar-refractivity contribution is 7.88. The summed E-state index contributed by atoms with van der Waals surface area (Å²) >= 11 is 0. The summed E-state index contributed by atoms with van der Waals surface area (Å²) in [7, 11) is -3.07. The lowest BCUT2D eigenvalue weighted by Crippen LogP contribution is -2.62. The van der Waals surface area contributed by atoms with Gasteiger partial charge in [0, 0.05) is 31.2 Å². The first kappa shape index (κ1) is 18.9. The van der Waals surface area contributed by atoms with Crippen molar-refractivity contribution in [1.29, 1.82) is 0 Å². The lowest BCUT2D eigenvalue weighted by atomic mass is 9.61. The number of rotatable bonds is 10. The Labute approximate surface area is 130 Å². The largest absolute Gasteiger partial charge is 0.378 e. The predicted octanol–water partition coefficient (Wildman–Crippen LogP) is 1.84. The van der Waals surface area contributed by atoms with Gasteiger partial charge in [-0.2, -0.15) is 0 Å². The van der Waals surface area contributed by atoms with Crippen molar-refractivity contribution in [2.45, 2.75) is 59.1 Å². The smallest absolute Gasteiger partial charge is 0.211 e. The maximum Gasteiger partial charge on any atom is 0.211 e. The fourth-order valence-electron chi connectivity index (χ4n) is 3.16. The molecule has 1 rings (SSSR count). The molecule has 0 aromatic carbocycles. The molecule has 0 bridgehead atoms. The average Bonchev–Trinajstić information content (AvgIpc) is 2.42. The van der Waals surface area contributed by atoms with Gasteiger partial charge in [0.1, 0.15) is 0 Å². The van der Waals surface area contributed by atoms with Crippen molar-refractivity contribution in [2.24, 2.45) is 5.41 Å². The van der Waals surface area contributed by atoms with Crippen molar-refractivity contribution in [2.75, 3.05) is 32.5 Å². The van der Waals surface area contributed by atoms with Gasteiger partial charge in [-0.05, 0) is 32.7 Å². The zero-order valence-corrected chi connectivity index (χ0v) is 15.0. The summed E-state index contributed by atoms with van der Waals surface area (Å²) in [6.45, 7) is 11.2. The maximum absolute atomic E-state index is 11.5. The molecule has 0 saturated heterocycles. The molecule has 1 saturated carbocycles. The van der Waals surface area contributed by atoms with Gasteiger partial charge >= 0.3 is 0 Å². The summed E-state index contributed by atoms with van der Waals surface area (Å²) in [5.74, 6) is 0. The van der Waals surface area contributed by atoms with Crippen LogP contribution in [-0.4, -0.2) is 57.4 Å². The second-order valence-corrected chi connectivity index (χ2v) is 8.14. The molecule has 21 heavy (non-hydrogen) atoms. The van der Waals surface area contributed by atoms with Crippen LogP contribution in [0.5, 0.6) is 0 Å². The standard InChI is InChI=1S/C15H32N2O3S/c1-6-15(4)13(12-14(15)20-8-3)16-10-9-11-17(7-2)21(5,18)19/h13-14,16H,6-12H2,1-5H3. The van der Waals surface area contributed by atoms with Gasteiger partial charge in [0.15, 0.2) is 0 Å². The van der Waals surface area contributed by atoms with Crippen LogP contribution < -0.4 is 5.32 Å². The van der Waals surface area contributed by atoms with Crippen LogP contribution in [-0.2, 0) is 14.8 Å². The molecule has 126 valence electrons. The molecule has 1 aliphatic carbocycles. The highest BCUT2D eigenvalue weighted by Gasteiger charge is 2.50. The third kappa shape index (κ3) is 4.65. The van der Waals surface area contributed by atoms with Gasteiger partial charge in [-0.15, -0.1) is 0 Å². The van der Waals surface area contributed by atoms with Gasteiger partial charge in [-0.3, -0.25) is 0 Å². The summed E-state index contributed by atoms with van der Waals surface area (Å²) < 4.78 is 30.3. The first-order valence-electron chi connectivity index (χ1n) is 8.09. The molecule has 1 fully saturated rings. The Morgan fingerprint density at radius 3 is 2.48 bits per heavy atom. The topological polar surface area (TPSA) is 58.6 Å². The van der Waals surface area contributed by atoms with E-state index < -0.39 is 10.0 Å². The van der Waals surface area contributed by atoms with E-state index in [1.165, 1.54) is 10.6 Å². The SMILES string of the molecule is CCOC1CC(NCCCN(CC)S(C)(=O)=O)C1(C)CC. The first-order valence-corrected chi connectivity index (χ1v) is 9.94. The Kier molecular flexibility index (Phi) is 7.10. The number of nitrogens with zero attached hydrogens (tertiary/aromatic N) is 1. The molecule has 0 amide bonds. The van der Waals surface area contributed by atoms with E-state index in [0.29, 0.717) is 25.2 Å². The minimum absolute atomic E-state index is 0.206. The molecule has 0 aromatic heterocycles. The number of ether oxygens (including phenoxy) is 1. The molecular formula is C15H32N2O3S. The van der Waals surface area contributed by atoms with E-state index in [9.17, 15) is 8.42 Å². The minimum atomic E-state index is -3.07. The van der Waals surface area contributed by atoms with Gasteiger partial charge in [-0.1, -0.05) is 20.8 Å². The van der Waals surface area contributed by atoms with E-state index in [1.807, 2.05) is 13.8 Å². The molecule has 5 nitrogen and oxygen atoms in total. The van der Waals surface area contributed by atoms with Crippen molar-refractivity contribution in [3.63, 3.8) is 0 Å². The van der Waals surface area contributed by atoms with Crippen LogP contribution in [0.4, 0.5) is 0 Å². The van der Waals surface area contributed by atoms with Crippen molar-refractivity contribution in [3.05, 3.63) is 0 Å². The van der Waals surface area contributed by atoms with Crippen LogP contribution in [0, 0.1) is 5.41 Å². The number of hydrogen-bond acceptors (Lipinski definition) is 4. The second kappa shape index (κ2) is 7.90. The van der Waals surface area contributed by atoms with Crippen molar-refractivity contribution in [3.8, 4) is 0 Å². The molecule has 1 aliphatic rings. The number of hydrogen-bond donors (Lipinski definition) is 1. The van der Waals surface area contributed by atoms with E-state index >= 15 is 0 Å². The molecule has 0 spiro atoms. The van der Waals surface area contributed by atoms with Crippen molar-refractivity contribution < 1.29 is 13.2 Å². The zero-order chi connectivity index (χ0) is 16.1. The van der Waals surface area contributed by atoms with Gasteiger partial charge < -0.3 is 10.1 Å². The van der Waals surface area contributed by atoms with Crippen LogP contribution in [0.3, 0.4) is 0 Å². The summed E-state index contributed by atoms with van der Waals surface area (Å²) in [4.78, 5) is 0. The normalized spacial score (nSPS) is 29.6. The lowest BCUT2D eigenvalue weighted by Gasteiger charge is -2.54. The van der Waals surface area contributed by atoms with Crippen LogP contribution in [0.2, 0.25) is 0 Å². The fourth-order valence-corrected chi connectivity index (χ4v) is 4.09. The first-order chi connectivity index (χ1) is 9.79. The van der Waals surface area contributed by atoms with E-state index in [4.69, 9.17) is 4.74 Å². The third-order valence-corrected chi connectivity index (χ3v) is 6.29. The monoisotopic (exact) mass is 320 g/mol. The maximum atomic E-state index is 11.5. The Morgan fingerprint density at radius 1 is 1.33 bits per heavy atom. The summed E-state index contributed by atoms with van der Waals surface area (Å²) in [6, 6.07) is 0.479. The molecule has 0 aliphatic heterocycles. The molecular weight excluding hydrogens is 288 g/mol. The van der Waals surface area contributed by atoms with E-state index in [-0.39, 0.29) is 5.41 Å². The van der Waals surface area contributed by atoms with Crippen LogP contribution >= 0.6 is 0 Å². The highest BCUT2D eigenvalue weighted by atomic mass is 32.2. The Bertz CT molecular complexity index is 413. The van der Waals surface area contributed by atoms with E-state index in [0.717, 1.165) is 32.4 Å². The van der Waals surface area contributed by atoms with Crippen LogP contribution in [0.25, 0.3) is 0 Å². The molecule has 0 heterocycles. The van der Waals surface area contributed by atoms with Crippen molar-refractivity contribution >= 4 is 10.0 Å². The molecule has 1 N–H and O–H groups in total. The Morgan fingerprint density at radius 2 is 2.00 bits per heavy atom. The number of nitrogens with one attached hydrogen (secondary N) is 1. The second-order valence-electron chi connectivity index (χ2n) is 6.15. The molecule has 3 unspecified atom stereocenters. The zero-order valence-electron chi connectivity index (χ0n) is 14.2. The Balaban J connectivity index is 2.34. The molecule has 0 aromatic rings. The summed E-state index contributed by atoms with van der Waals surface area (Å²) in [5, 5.41) is 3.58. The fraction of sp³-hybridized carbons (Fsp3) is 1.00. The highest BCUT2D eigenvalue weighted by Crippen LogP contribution is 2.45. The predicted molar refractivity (Wildman–Crippen MR) is 86.9 cm³/mol. The van der Waals surface area contributed by atoms with Crippen LogP contribution in [0.1, 0.15) is 47.0 Å². The van der Waals surface area contributed by atoms with E-state index in [1.54, 1.807) is 0 Å². The quantitative estimate of drug-likeness (QED) is 0.624. The Hall–Kier alpha value is -0.170. The van der Waals surface area contributed by atoms with Gasteiger partial charge in [0.05, 0.1) is 12.4 Å². The van der Waals surface area contributed by atoms with Gasteiger partial charge in [0.2, 0.25) is 10.0 Å². The summed E-state index contributed by atoms with van der Waals surface area (Å²) in [6.07, 6.45) is 4.63. The van der Waals surface area contributed by atoms with Gasteiger partial charge in [0.25, 0.3) is 0 Å². The van der Waals surface area contributed by atoms with E-state index in [2.05, 4.69) is 19.2 Å². The lowest BCUT2D eigenvalue weighted by molar-refractivity contribution is -0.125. The average molecular weight is 320 g/mol. The minimum Gasteiger partial charge on any atom is -0.378 e. The molecule has 6 heteroatoms. The van der Waals surface area contributed by atoms with Crippen LogP contribution in [0.15, 0.2) is 0 Å². The van der Waals surface area contributed by atoms with Gasteiger partial charge in [-0.25, -0.2) is 12.7 Å². The number of sulfonamides is 1. The third-order valence-electron chi connectivity index (χ3n) is 4.91. The molecule has 0 radical (unpaired) electrons. The summed E-state index contributed by atoms with van der Waals surface area (Å²) in [5.41, 5.74) is 0.206. The van der Waals surface area contributed by atoms with Crippen molar-refractivity contribution in [1.82, 2.24) is 9.62 Å².